The molecule has 36 heavy (non-hydrogen) atoms. The minimum atomic E-state index is -4.49. The van der Waals surface area contributed by atoms with E-state index in [1.54, 1.807) is 23.1 Å². The molecule has 1 amide bonds. The van der Waals surface area contributed by atoms with E-state index in [4.69, 9.17) is 10.5 Å². The number of fused-ring (bicyclic) bond motifs is 3. The van der Waals surface area contributed by atoms with E-state index in [0.29, 0.717) is 48.5 Å². The van der Waals surface area contributed by atoms with Gasteiger partial charge in [-0.15, -0.1) is 0 Å². The molecule has 2 aromatic heterocycles. The Labute approximate surface area is 206 Å². The fraction of sp³-hybridized carbons (Fsp3) is 0.423. The normalized spacial score (nSPS) is 22.0. The number of ether oxygens (including phenoxy) is 1. The van der Waals surface area contributed by atoms with Gasteiger partial charge in [0.15, 0.2) is 0 Å². The van der Waals surface area contributed by atoms with E-state index in [-0.39, 0.29) is 24.6 Å². The number of benzene rings is 1. The third-order valence-corrected chi connectivity index (χ3v) is 7.10. The number of alkyl halides is 3. The van der Waals surface area contributed by atoms with Gasteiger partial charge in [0.2, 0.25) is 0 Å². The predicted octanol–water partition coefficient (Wildman–Crippen LogP) is 4.77. The average Bonchev–Trinajstić information content (AvgIpc) is 3.24. The highest BCUT2D eigenvalue weighted by Gasteiger charge is 2.33. The molecular weight excluding hydrogens is 473 g/mol. The van der Waals surface area contributed by atoms with Crippen LogP contribution in [0.15, 0.2) is 36.5 Å². The topological polar surface area (TPSA) is 102 Å². The molecule has 3 heterocycles. The van der Waals surface area contributed by atoms with Crippen LogP contribution >= 0.6 is 0 Å². The van der Waals surface area contributed by atoms with Gasteiger partial charge in [0, 0.05) is 28.8 Å². The van der Waals surface area contributed by atoms with E-state index in [1.165, 1.54) is 6.07 Å². The van der Waals surface area contributed by atoms with E-state index in [2.05, 4.69) is 9.97 Å². The first kappa shape index (κ1) is 24.5. The van der Waals surface area contributed by atoms with E-state index >= 15 is 0 Å². The van der Waals surface area contributed by atoms with Crippen LogP contribution < -0.4 is 5.73 Å². The molecule has 190 valence electrons. The standard InChI is InChI=1S/C26H27F3N4O3/c1-14-23-21(13-36-14)20-9-15(5-8-22(20)32-24(23)30)25(35)33(18-3-2-4-19(34)10-18)12-17-7-6-16(11-31-17)26(27,28)29/h5-9,11,14,18-19,34H,2-4,10,12-13H2,1H3,(H2,30,32)/t14-,18-,19-/m0/s1. The fourth-order valence-corrected chi connectivity index (χ4v) is 5.21. The molecule has 1 aromatic carbocycles. The van der Waals surface area contributed by atoms with Crippen LogP contribution in [0.25, 0.3) is 10.9 Å². The summed E-state index contributed by atoms with van der Waals surface area (Å²) in [7, 11) is 0. The number of hydrogen-bond acceptors (Lipinski definition) is 6. The molecule has 0 spiro atoms. The Morgan fingerprint density at radius 2 is 2.06 bits per heavy atom. The van der Waals surface area contributed by atoms with E-state index in [9.17, 15) is 23.1 Å². The largest absolute Gasteiger partial charge is 0.417 e. The van der Waals surface area contributed by atoms with Crippen molar-refractivity contribution in [1.29, 1.82) is 0 Å². The first-order valence-corrected chi connectivity index (χ1v) is 12.0. The smallest absolute Gasteiger partial charge is 0.393 e. The number of aromatic nitrogens is 2. The minimum absolute atomic E-state index is 0.0324. The number of hydrogen-bond donors (Lipinski definition) is 2. The van der Waals surface area contributed by atoms with Gasteiger partial charge in [0.05, 0.1) is 42.1 Å². The molecule has 7 nitrogen and oxygen atoms in total. The van der Waals surface area contributed by atoms with Gasteiger partial charge in [0.1, 0.15) is 5.82 Å². The van der Waals surface area contributed by atoms with Gasteiger partial charge in [-0.1, -0.05) is 0 Å². The zero-order chi connectivity index (χ0) is 25.6. The maximum Gasteiger partial charge on any atom is 0.417 e. The molecule has 1 fully saturated rings. The molecule has 0 radical (unpaired) electrons. The number of rotatable bonds is 4. The number of carbonyl (C=O) groups is 1. The number of aliphatic hydroxyl groups excluding tert-OH is 1. The highest BCUT2D eigenvalue weighted by Crippen LogP contribution is 2.38. The molecule has 3 atom stereocenters. The lowest BCUT2D eigenvalue weighted by Crippen LogP contribution is -2.43. The molecule has 1 aliphatic heterocycles. The van der Waals surface area contributed by atoms with Crippen molar-refractivity contribution in [1.82, 2.24) is 14.9 Å². The molecule has 1 aliphatic carbocycles. The Balaban J connectivity index is 1.50. The summed E-state index contributed by atoms with van der Waals surface area (Å²) < 4.78 is 44.7. The molecule has 0 unspecified atom stereocenters. The monoisotopic (exact) mass is 500 g/mol. The lowest BCUT2D eigenvalue weighted by Gasteiger charge is -2.36. The summed E-state index contributed by atoms with van der Waals surface area (Å²) in [5.41, 5.74) is 8.45. The van der Waals surface area contributed by atoms with Crippen molar-refractivity contribution >= 4 is 22.6 Å². The van der Waals surface area contributed by atoms with Crippen molar-refractivity contribution < 1.29 is 27.8 Å². The van der Waals surface area contributed by atoms with Gasteiger partial charge in [-0.2, -0.15) is 13.2 Å². The SMILES string of the molecule is C[C@@H]1OCc2c1c(N)nc1ccc(C(=O)N(Cc3ccc(C(F)(F)F)cn3)[C@H]3CCC[C@H](O)C3)cc21. The third kappa shape index (κ3) is 4.62. The number of nitrogens with zero attached hydrogens (tertiary/aromatic N) is 3. The zero-order valence-electron chi connectivity index (χ0n) is 19.8. The van der Waals surface area contributed by atoms with Crippen molar-refractivity contribution in [3.05, 3.63) is 64.5 Å². The molecular formula is C26H27F3N4O3. The van der Waals surface area contributed by atoms with Crippen LogP contribution in [0.4, 0.5) is 19.0 Å². The Morgan fingerprint density at radius 3 is 2.75 bits per heavy atom. The number of anilines is 1. The van der Waals surface area contributed by atoms with Crippen LogP contribution in [-0.4, -0.2) is 38.0 Å². The summed E-state index contributed by atoms with van der Waals surface area (Å²) >= 11 is 0. The van der Waals surface area contributed by atoms with Crippen molar-refractivity contribution in [2.24, 2.45) is 0 Å². The Morgan fingerprint density at radius 1 is 1.25 bits per heavy atom. The predicted molar refractivity (Wildman–Crippen MR) is 127 cm³/mol. The van der Waals surface area contributed by atoms with Crippen LogP contribution in [0.1, 0.15) is 71.5 Å². The molecule has 3 N–H and O–H groups in total. The van der Waals surface area contributed by atoms with Crippen LogP contribution in [0.5, 0.6) is 0 Å². The lowest BCUT2D eigenvalue weighted by molar-refractivity contribution is -0.137. The Bertz CT molecular complexity index is 1300. The summed E-state index contributed by atoms with van der Waals surface area (Å²) in [5.74, 6) is 0.128. The number of aliphatic hydroxyl groups is 1. The van der Waals surface area contributed by atoms with Crippen molar-refractivity contribution in [3.8, 4) is 0 Å². The molecule has 0 saturated heterocycles. The lowest BCUT2D eigenvalue weighted by atomic mass is 9.91. The molecule has 0 bridgehead atoms. The van der Waals surface area contributed by atoms with E-state index < -0.39 is 17.8 Å². The van der Waals surface area contributed by atoms with Crippen molar-refractivity contribution in [2.45, 2.75) is 70.2 Å². The molecule has 3 aromatic rings. The maximum atomic E-state index is 13.8. The van der Waals surface area contributed by atoms with Crippen molar-refractivity contribution in [3.63, 3.8) is 0 Å². The molecule has 10 heteroatoms. The first-order valence-electron chi connectivity index (χ1n) is 12.0. The molecule has 2 aliphatic rings. The highest BCUT2D eigenvalue weighted by molar-refractivity contribution is 5.99. The summed E-state index contributed by atoms with van der Waals surface area (Å²) in [4.78, 5) is 23.9. The summed E-state index contributed by atoms with van der Waals surface area (Å²) in [6, 6.07) is 7.19. The number of pyridine rings is 2. The van der Waals surface area contributed by atoms with Crippen LogP contribution in [0, 0.1) is 0 Å². The Kier molecular flexibility index (Phi) is 6.34. The van der Waals surface area contributed by atoms with Gasteiger partial charge in [0.25, 0.3) is 5.91 Å². The second kappa shape index (κ2) is 9.33. The van der Waals surface area contributed by atoms with Gasteiger partial charge in [-0.3, -0.25) is 9.78 Å². The maximum absolute atomic E-state index is 13.8. The van der Waals surface area contributed by atoms with E-state index in [1.807, 2.05) is 6.92 Å². The van der Waals surface area contributed by atoms with Crippen LogP contribution in [0.2, 0.25) is 0 Å². The van der Waals surface area contributed by atoms with Gasteiger partial charge in [-0.25, -0.2) is 4.98 Å². The number of nitrogens with two attached hydrogens (primary N) is 1. The second-order valence-corrected chi connectivity index (χ2v) is 9.52. The van der Waals surface area contributed by atoms with E-state index in [0.717, 1.165) is 35.2 Å². The fourth-order valence-electron chi connectivity index (χ4n) is 5.21. The van der Waals surface area contributed by atoms with Crippen molar-refractivity contribution in [2.75, 3.05) is 5.73 Å². The second-order valence-electron chi connectivity index (χ2n) is 9.52. The summed E-state index contributed by atoms with van der Waals surface area (Å²) in [6.45, 7) is 2.30. The van der Waals surface area contributed by atoms with Gasteiger partial charge in [-0.05, 0) is 68.5 Å². The number of halogens is 3. The third-order valence-electron chi connectivity index (χ3n) is 7.10. The number of carbonyl (C=O) groups excluding carboxylic acids is 1. The van der Waals surface area contributed by atoms with Crippen LogP contribution in [-0.2, 0) is 24.1 Å². The molecule has 5 rings (SSSR count). The van der Waals surface area contributed by atoms with Crippen LogP contribution in [0.3, 0.4) is 0 Å². The zero-order valence-corrected chi connectivity index (χ0v) is 19.8. The minimum Gasteiger partial charge on any atom is -0.393 e. The van der Waals surface area contributed by atoms with Gasteiger partial charge < -0.3 is 20.5 Å². The molecule has 1 saturated carbocycles. The number of nitrogen functional groups attached to an aromatic ring is 1. The number of amides is 1. The Hall–Kier alpha value is -3.24. The quantitative estimate of drug-likeness (QED) is 0.535. The van der Waals surface area contributed by atoms with Gasteiger partial charge >= 0.3 is 6.18 Å². The summed E-state index contributed by atoms with van der Waals surface area (Å²) in [6.07, 6.45) is -1.94. The first-order chi connectivity index (χ1) is 17.1. The summed E-state index contributed by atoms with van der Waals surface area (Å²) in [5, 5.41) is 11.0. The average molecular weight is 501 g/mol. The highest BCUT2D eigenvalue weighted by atomic mass is 19.4.